The van der Waals surface area contributed by atoms with Crippen LogP contribution in [-0.2, 0) is 16.1 Å². The van der Waals surface area contributed by atoms with Crippen LogP contribution < -0.4 is 5.32 Å². The van der Waals surface area contributed by atoms with Gasteiger partial charge in [-0.2, -0.15) is 0 Å². The number of ether oxygens (including phenoxy) is 1. The van der Waals surface area contributed by atoms with Crippen LogP contribution in [0.1, 0.15) is 19.4 Å². The first kappa shape index (κ1) is 15.4. The summed E-state index contributed by atoms with van der Waals surface area (Å²) in [5.74, 6) is -0.153. The van der Waals surface area contributed by atoms with Crippen molar-refractivity contribution in [3.05, 3.63) is 48.0 Å². The predicted octanol–water partition coefficient (Wildman–Crippen LogP) is 1.64. The summed E-state index contributed by atoms with van der Waals surface area (Å²) in [6.45, 7) is 4.15. The maximum Gasteiger partial charge on any atom is 0.217 e. The first-order valence-electron chi connectivity index (χ1n) is 6.33. The van der Waals surface area contributed by atoms with Gasteiger partial charge >= 0.3 is 0 Å². The van der Waals surface area contributed by atoms with Crippen molar-refractivity contribution < 1.29 is 14.6 Å². The minimum atomic E-state index is -0.704. The fourth-order valence-corrected chi connectivity index (χ4v) is 1.59. The zero-order valence-electron chi connectivity index (χ0n) is 11.4. The summed E-state index contributed by atoms with van der Waals surface area (Å²) in [4.78, 5) is 10.8. The number of aliphatic hydroxyl groups excluding tert-OH is 1. The molecule has 4 heteroatoms. The van der Waals surface area contributed by atoms with Crippen LogP contribution in [0.2, 0.25) is 0 Å². The Kier molecular flexibility index (Phi) is 6.85. The van der Waals surface area contributed by atoms with Gasteiger partial charge < -0.3 is 15.2 Å². The van der Waals surface area contributed by atoms with E-state index in [9.17, 15) is 9.90 Å². The normalized spacial score (nSPS) is 14.3. The molecule has 0 bridgehead atoms. The molecule has 0 saturated heterocycles. The second-order valence-corrected chi connectivity index (χ2v) is 4.41. The highest BCUT2D eigenvalue weighted by atomic mass is 16.5. The Balaban J connectivity index is 2.21. The lowest BCUT2D eigenvalue weighted by molar-refractivity contribution is -0.120. The summed E-state index contributed by atoms with van der Waals surface area (Å²) in [6.07, 6.45) is 2.68. The van der Waals surface area contributed by atoms with Gasteiger partial charge in [0.1, 0.15) is 0 Å². The highest BCUT2D eigenvalue weighted by Crippen LogP contribution is 2.01. The van der Waals surface area contributed by atoms with Crippen LogP contribution in [-0.4, -0.2) is 29.8 Å². The molecule has 2 N–H and O–H groups in total. The summed E-state index contributed by atoms with van der Waals surface area (Å²) in [5.41, 5.74) is 1.11. The number of aliphatic hydroxyl groups is 1. The summed E-state index contributed by atoms with van der Waals surface area (Å²) in [6, 6.07) is 9.58. The van der Waals surface area contributed by atoms with Crippen LogP contribution in [0.5, 0.6) is 0 Å². The molecule has 0 unspecified atom stereocenters. The van der Waals surface area contributed by atoms with Crippen LogP contribution in [0.25, 0.3) is 0 Å². The van der Waals surface area contributed by atoms with Crippen molar-refractivity contribution in [1.82, 2.24) is 5.32 Å². The Morgan fingerprint density at radius 1 is 1.42 bits per heavy atom. The van der Waals surface area contributed by atoms with Crippen molar-refractivity contribution >= 4 is 5.91 Å². The summed E-state index contributed by atoms with van der Waals surface area (Å²) >= 11 is 0. The van der Waals surface area contributed by atoms with E-state index in [1.165, 1.54) is 6.92 Å². The standard InChI is InChI=1S/C15H21NO3/c1-12(16-13(2)17)15(18)9-6-10-19-11-14-7-4-3-5-8-14/h3-9,12,15,18H,10-11H2,1-2H3,(H,16,17)/b9-6+/t12-,15-/m1/s1. The van der Waals surface area contributed by atoms with Crippen molar-refractivity contribution in [2.45, 2.75) is 32.6 Å². The van der Waals surface area contributed by atoms with Crippen LogP contribution in [0.4, 0.5) is 0 Å². The molecule has 0 fully saturated rings. The molecule has 0 heterocycles. The van der Waals surface area contributed by atoms with E-state index in [0.29, 0.717) is 13.2 Å². The number of carbonyl (C=O) groups is 1. The average Bonchev–Trinajstić information content (AvgIpc) is 2.38. The number of amides is 1. The molecule has 0 aliphatic carbocycles. The van der Waals surface area contributed by atoms with Crippen molar-refractivity contribution in [3.8, 4) is 0 Å². The van der Waals surface area contributed by atoms with Gasteiger partial charge in [0, 0.05) is 6.92 Å². The third kappa shape index (κ3) is 6.74. The number of hydrogen-bond donors (Lipinski definition) is 2. The molecular formula is C15H21NO3. The molecular weight excluding hydrogens is 242 g/mol. The molecule has 0 spiro atoms. The Morgan fingerprint density at radius 2 is 2.11 bits per heavy atom. The fraction of sp³-hybridized carbons (Fsp3) is 0.400. The summed E-state index contributed by atoms with van der Waals surface area (Å²) in [5, 5.41) is 12.4. The van der Waals surface area contributed by atoms with Gasteiger partial charge in [0.15, 0.2) is 0 Å². The zero-order chi connectivity index (χ0) is 14.1. The zero-order valence-corrected chi connectivity index (χ0v) is 11.4. The van der Waals surface area contributed by atoms with E-state index in [4.69, 9.17) is 4.74 Å². The molecule has 0 aliphatic rings. The largest absolute Gasteiger partial charge is 0.387 e. The van der Waals surface area contributed by atoms with E-state index in [0.717, 1.165) is 5.56 Å². The van der Waals surface area contributed by atoms with Gasteiger partial charge in [-0.3, -0.25) is 4.79 Å². The molecule has 1 aromatic rings. The Bertz CT molecular complexity index is 403. The number of benzene rings is 1. The molecule has 0 aliphatic heterocycles. The van der Waals surface area contributed by atoms with E-state index < -0.39 is 6.10 Å². The third-order valence-corrected chi connectivity index (χ3v) is 2.60. The molecule has 0 saturated carbocycles. The van der Waals surface area contributed by atoms with Gasteiger partial charge in [-0.05, 0) is 12.5 Å². The molecule has 1 aromatic carbocycles. The highest BCUT2D eigenvalue weighted by molar-refractivity contribution is 5.73. The first-order chi connectivity index (χ1) is 9.09. The quantitative estimate of drug-likeness (QED) is 0.581. The molecule has 104 valence electrons. The number of hydrogen-bond acceptors (Lipinski definition) is 3. The fourth-order valence-electron chi connectivity index (χ4n) is 1.59. The van der Waals surface area contributed by atoms with E-state index in [2.05, 4.69) is 5.32 Å². The van der Waals surface area contributed by atoms with Gasteiger partial charge in [0.05, 0.1) is 25.4 Å². The Labute approximate surface area is 114 Å². The molecule has 1 amide bonds. The van der Waals surface area contributed by atoms with Crippen molar-refractivity contribution in [2.24, 2.45) is 0 Å². The van der Waals surface area contributed by atoms with Crippen molar-refractivity contribution in [1.29, 1.82) is 0 Å². The smallest absolute Gasteiger partial charge is 0.217 e. The molecule has 0 aromatic heterocycles. The van der Waals surface area contributed by atoms with Crippen LogP contribution in [0.3, 0.4) is 0 Å². The average molecular weight is 263 g/mol. The second-order valence-electron chi connectivity index (χ2n) is 4.41. The molecule has 4 nitrogen and oxygen atoms in total. The molecule has 19 heavy (non-hydrogen) atoms. The highest BCUT2D eigenvalue weighted by Gasteiger charge is 2.10. The monoisotopic (exact) mass is 263 g/mol. The summed E-state index contributed by atoms with van der Waals surface area (Å²) < 4.78 is 5.45. The van der Waals surface area contributed by atoms with E-state index >= 15 is 0 Å². The predicted molar refractivity (Wildman–Crippen MR) is 74.5 cm³/mol. The lowest BCUT2D eigenvalue weighted by atomic mass is 10.2. The SMILES string of the molecule is CC(=O)N[C@H](C)[C@H](O)/C=C/COCc1ccccc1. The Morgan fingerprint density at radius 3 is 2.74 bits per heavy atom. The minimum Gasteiger partial charge on any atom is -0.387 e. The number of nitrogens with one attached hydrogen (secondary N) is 1. The van der Waals surface area contributed by atoms with Crippen molar-refractivity contribution in [3.63, 3.8) is 0 Å². The van der Waals surface area contributed by atoms with Crippen molar-refractivity contribution in [2.75, 3.05) is 6.61 Å². The maximum atomic E-state index is 10.8. The Hall–Kier alpha value is -1.65. The van der Waals surface area contributed by atoms with Gasteiger partial charge in [0.25, 0.3) is 0 Å². The van der Waals surface area contributed by atoms with Crippen LogP contribution >= 0.6 is 0 Å². The lowest BCUT2D eigenvalue weighted by Crippen LogP contribution is -2.38. The minimum absolute atomic E-state index is 0.153. The maximum absolute atomic E-state index is 10.8. The lowest BCUT2D eigenvalue weighted by Gasteiger charge is -2.16. The molecule has 2 atom stereocenters. The van der Waals surface area contributed by atoms with Gasteiger partial charge in [-0.15, -0.1) is 0 Å². The van der Waals surface area contributed by atoms with E-state index in [1.807, 2.05) is 30.3 Å². The topological polar surface area (TPSA) is 58.6 Å². The third-order valence-electron chi connectivity index (χ3n) is 2.60. The molecule has 0 radical (unpaired) electrons. The second kappa shape index (κ2) is 8.45. The van der Waals surface area contributed by atoms with Crippen LogP contribution in [0, 0.1) is 0 Å². The van der Waals surface area contributed by atoms with Gasteiger partial charge in [-0.25, -0.2) is 0 Å². The van der Waals surface area contributed by atoms with E-state index in [-0.39, 0.29) is 11.9 Å². The van der Waals surface area contributed by atoms with E-state index in [1.54, 1.807) is 19.1 Å². The number of carbonyl (C=O) groups excluding carboxylic acids is 1. The molecule has 1 rings (SSSR count). The summed E-state index contributed by atoms with van der Waals surface area (Å²) in [7, 11) is 0. The first-order valence-corrected chi connectivity index (χ1v) is 6.33. The number of rotatable bonds is 7. The van der Waals surface area contributed by atoms with Gasteiger partial charge in [-0.1, -0.05) is 42.5 Å². The van der Waals surface area contributed by atoms with Gasteiger partial charge in [0.2, 0.25) is 5.91 Å². The van der Waals surface area contributed by atoms with Crippen LogP contribution in [0.15, 0.2) is 42.5 Å².